The van der Waals surface area contributed by atoms with Crippen molar-refractivity contribution in [2.45, 2.75) is 13.8 Å². The maximum absolute atomic E-state index is 6.53. The van der Waals surface area contributed by atoms with E-state index in [0.717, 1.165) is 33.3 Å². The van der Waals surface area contributed by atoms with E-state index >= 15 is 0 Å². The highest BCUT2D eigenvalue weighted by molar-refractivity contribution is 6.80. The summed E-state index contributed by atoms with van der Waals surface area (Å²) in [6.07, 6.45) is 0. The maximum Gasteiger partial charge on any atom is 0.426 e. The third-order valence-corrected chi connectivity index (χ3v) is 4.55. The number of rotatable bonds is 4. The zero-order valence-electron chi connectivity index (χ0n) is 15.0. The van der Waals surface area contributed by atoms with Gasteiger partial charge < -0.3 is 4.65 Å². The van der Waals surface area contributed by atoms with Crippen molar-refractivity contribution in [1.29, 1.82) is 0 Å². The Bertz CT molecular complexity index is 1030. The lowest BCUT2D eigenvalue weighted by Gasteiger charge is -2.18. The lowest BCUT2D eigenvalue weighted by molar-refractivity contribution is 0.597. The van der Waals surface area contributed by atoms with Crippen LogP contribution in [0.3, 0.4) is 0 Å². The Kier molecular flexibility index (Phi) is 4.45. The van der Waals surface area contributed by atoms with E-state index in [1.165, 1.54) is 5.56 Å². The molecule has 2 nitrogen and oxygen atoms in total. The smallest absolute Gasteiger partial charge is 0.426 e. The van der Waals surface area contributed by atoms with Crippen molar-refractivity contribution in [2.75, 3.05) is 0 Å². The van der Waals surface area contributed by atoms with Crippen LogP contribution in [-0.4, -0.2) is 11.9 Å². The average molecular weight is 337 g/mol. The fraction of sp³-hybridized carbons (Fsp3) is 0.0870. The van der Waals surface area contributed by atoms with Crippen molar-refractivity contribution >= 4 is 28.7 Å². The van der Waals surface area contributed by atoms with Crippen molar-refractivity contribution in [2.24, 2.45) is 0 Å². The molecule has 0 bridgehead atoms. The van der Waals surface area contributed by atoms with Crippen molar-refractivity contribution in [3.05, 3.63) is 96.2 Å². The summed E-state index contributed by atoms with van der Waals surface area (Å²) in [5.74, 6) is 0.806. The summed E-state index contributed by atoms with van der Waals surface area (Å²) in [6, 6.07) is 29.1. The summed E-state index contributed by atoms with van der Waals surface area (Å²) in [5.41, 5.74) is 5.39. The van der Waals surface area contributed by atoms with Gasteiger partial charge in [0.15, 0.2) is 0 Å². The van der Waals surface area contributed by atoms with Gasteiger partial charge in [0.25, 0.3) is 0 Å². The van der Waals surface area contributed by atoms with Gasteiger partial charge in [0, 0.05) is 11.1 Å². The summed E-state index contributed by atoms with van der Waals surface area (Å²) < 4.78 is 6.53. The summed E-state index contributed by atoms with van der Waals surface area (Å²) in [6.45, 7) is 3.93. The molecule has 0 spiro atoms. The molecule has 0 saturated heterocycles. The summed E-state index contributed by atoms with van der Waals surface area (Å²) in [4.78, 5) is 4.71. The van der Waals surface area contributed by atoms with Crippen LogP contribution in [0.15, 0.2) is 84.9 Å². The van der Waals surface area contributed by atoms with Crippen LogP contribution in [0.5, 0.6) is 5.75 Å². The average Bonchev–Trinajstić information content (AvgIpc) is 2.68. The Morgan fingerprint density at radius 2 is 1.42 bits per heavy atom. The van der Waals surface area contributed by atoms with Gasteiger partial charge in [-0.3, -0.25) is 0 Å². The molecule has 3 heteroatoms. The third-order valence-electron chi connectivity index (χ3n) is 4.55. The number of hydrogen-bond acceptors (Lipinski definition) is 2. The van der Waals surface area contributed by atoms with E-state index in [9.17, 15) is 0 Å². The second kappa shape index (κ2) is 7.05. The molecule has 0 amide bonds. The number of fused-ring (bicyclic) bond motifs is 1. The molecule has 0 saturated carbocycles. The van der Waals surface area contributed by atoms with Crippen molar-refractivity contribution < 1.29 is 4.65 Å². The lowest BCUT2D eigenvalue weighted by Crippen LogP contribution is -2.47. The SMILES string of the molecule is Cc1ccc(B(Oc2cccc3ccc(C)nc23)c2ccccc2)cc1. The van der Waals surface area contributed by atoms with Crippen molar-refractivity contribution in [1.82, 2.24) is 4.98 Å². The van der Waals surface area contributed by atoms with Gasteiger partial charge in [-0.25, -0.2) is 4.98 Å². The number of aryl methyl sites for hydroxylation is 2. The van der Waals surface area contributed by atoms with Gasteiger partial charge >= 0.3 is 6.92 Å². The number of aromatic nitrogens is 1. The quantitative estimate of drug-likeness (QED) is 0.525. The van der Waals surface area contributed by atoms with Gasteiger partial charge in [-0.1, -0.05) is 78.4 Å². The van der Waals surface area contributed by atoms with E-state index in [1.807, 2.05) is 43.3 Å². The van der Waals surface area contributed by atoms with Gasteiger partial charge in [-0.05, 0) is 36.9 Å². The number of benzene rings is 3. The Morgan fingerprint density at radius 1 is 0.692 bits per heavy atom. The van der Waals surface area contributed by atoms with Crippen molar-refractivity contribution in [3.63, 3.8) is 0 Å². The van der Waals surface area contributed by atoms with Crippen molar-refractivity contribution in [3.8, 4) is 5.75 Å². The number of nitrogens with zero attached hydrogens (tertiary/aromatic N) is 1. The molecule has 0 aliphatic rings. The standard InChI is InChI=1S/C23H20BNO/c1-17-11-15-21(16-12-17)24(20-8-4-3-5-9-20)26-22-10-6-7-19-14-13-18(2)25-23(19)22/h3-16H,1-2H3. The molecular formula is C23H20BNO. The second-order valence-corrected chi connectivity index (χ2v) is 6.60. The maximum atomic E-state index is 6.53. The van der Waals surface area contributed by atoms with Crippen LogP contribution >= 0.6 is 0 Å². The number of pyridine rings is 1. The largest absolute Gasteiger partial charge is 0.550 e. The molecule has 26 heavy (non-hydrogen) atoms. The lowest BCUT2D eigenvalue weighted by atomic mass is 9.55. The topological polar surface area (TPSA) is 22.1 Å². The minimum atomic E-state index is -0.176. The predicted molar refractivity (Wildman–Crippen MR) is 110 cm³/mol. The highest BCUT2D eigenvalue weighted by Gasteiger charge is 2.24. The highest BCUT2D eigenvalue weighted by atomic mass is 16.4. The first-order chi connectivity index (χ1) is 12.7. The highest BCUT2D eigenvalue weighted by Crippen LogP contribution is 2.24. The van der Waals surface area contributed by atoms with E-state index in [4.69, 9.17) is 9.64 Å². The Balaban J connectivity index is 1.81. The Hall–Kier alpha value is -3.07. The summed E-state index contributed by atoms with van der Waals surface area (Å²) in [5, 5.41) is 1.09. The summed E-state index contributed by atoms with van der Waals surface area (Å²) >= 11 is 0. The number of hydrogen-bond donors (Lipinski definition) is 0. The first-order valence-corrected chi connectivity index (χ1v) is 8.85. The summed E-state index contributed by atoms with van der Waals surface area (Å²) in [7, 11) is 0. The van der Waals surface area contributed by atoms with Crippen LogP contribution in [0.25, 0.3) is 10.9 Å². The first-order valence-electron chi connectivity index (χ1n) is 8.85. The Morgan fingerprint density at radius 3 is 2.19 bits per heavy atom. The molecule has 1 aromatic heterocycles. The molecule has 0 aliphatic heterocycles. The van der Waals surface area contributed by atoms with Crippen LogP contribution < -0.4 is 15.6 Å². The molecule has 1 heterocycles. The van der Waals surface area contributed by atoms with Gasteiger partial charge in [-0.2, -0.15) is 0 Å². The molecule has 0 atom stereocenters. The van der Waals surface area contributed by atoms with Crippen LogP contribution in [0, 0.1) is 13.8 Å². The molecule has 0 radical (unpaired) electrons. The van der Waals surface area contributed by atoms with Gasteiger partial charge in [0.1, 0.15) is 11.3 Å². The molecule has 0 unspecified atom stereocenters. The van der Waals surface area contributed by atoms with Crippen LogP contribution in [0.1, 0.15) is 11.3 Å². The van der Waals surface area contributed by atoms with E-state index < -0.39 is 0 Å². The predicted octanol–water partition coefficient (Wildman–Crippen LogP) is 4.04. The molecule has 4 aromatic rings. The van der Waals surface area contributed by atoms with Gasteiger partial charge in [0.2, 0.25) is 0 Å². The molecule has 0 aliphatic carbocycles. The van der Waals surface area contributed by atoms with Gasteiger partial charge in [0.05, 0.1) is 0 Å². The minimum Gasteiger partial charge on any atom is -0.550 e. The van der Waals surface area contributed by atoms with Gasteiger partial charge in [-0.15, -0.1) is 0 Å². The van der Waals surface area contributed by atoms with Crippen LogP contribution in [0.4, 0.5) is 0 Å². The van der Waals surface area contributed by atoms with Crippen LogP contribution in [-0.2, 0) is 0 Å². The first kappa shape index (κ1) is 16.4. The van der Waals surface area contributed by atoms with E-state index in [-0.39, 0.29) is 6.92 Å². The normalized spacial score (nSPS) is 10.7. The molecule has 0 fully saturated rings. The van der Waals surface area contributed by atoms with E-state index in [0.29, 0.717) is 0 Å². The van der Waals surface area contributed by atoms with E-state index in [2.05, 4.69) is 55.5 Å². The molecule has 3 aromatic carbocycles. The molecular weight excluding hydrogens is 317 g/mol. The van der Waals surface area contributed by atoms with Crippen LogP contribution in [0.2, 0.25) is 0 Å². The minimum absolute atomic E-state index is 0.176. The van der Waals surface area contributed by atoms with E-state index in [1.54, 1.807) is 0 Å². The second-order valence-electron chi connectivity index (χ2n) is 6.60. The fourth-order valence-corrected chi connectivity index (χ4v) is 3.14. The molecule has 126 valence electrons. The zero-order chi connectivity index (χ0) is 17.9. The third kappa shape index (κ3) is 3.34. The molecule has 4 rings (SSSR count). The fourth-order valence-electron chi connectivity index (χ4n) is 3.14. The zero-order valence-corrected chi connectivity index (χ0v) is 15.0. The molecule has 0 N–H and O–H groups in total. The Labute approximate surface area is 154 Å². The number of para-hydroxylation sites is 1. The monoisotopic (exact) mass is 337 g/mol.